The van der Waals surface area contributed by atoms with Crippen molar-refractivity contribution >= 4 is 38.6 Å². The average Bonchev–Trinajstić information content (AvgIpc) is 2.90. The number of hydrazine groups is 1. The van der Waals surface area contributed by atoms with Crippen LogP contribution in [0.4, 0.5) is 0 Å². The highest BCUT2D eigenvalue weighted by Gasteiger charge is 2.20. The van der Waals surface area contributed by atoms with E-state index in [1.807, 2.05) is 0 Å². The van der Waals surface area contributed by atoms with Crippen LogP contribution < -0.4 is 11.3 Å². The summed E-state index contributed by atoms with van der Waals surface area (Å²) in [6.45, 7) is 2.17. The summed E-state index contributed by atoms with van der Waals surface area (Å²) in [6, 6.07) is 4.33. The first kappa shape index (κ1) is 12.3. The van der Waals surface area contributed by atoms with E-state index in [-0.39, 0.29) is 6.04 Å². The van der Waals surface area contributed by atoms with Gasteiger partial charge in [-0.2, -0.15) is 0 Å². The molecule has 0 amide bonds. The van der Waals surface area contributed by atoms with Gasteiger partial charge in [0.25, 0.3) is 0 Å². The lowest BCUT2D eigenvalue weighted by molar-refractivity contribution is 0.649. The largest absolute Gasteiger partial charge is 0.271 e. The van der Waals surface area contributed by atoms with Crippen LogP contribution in [-0.4, -0.2) is 0 Å². The molecule has 0 aliphatic rings. The molecule has 0 saturated heterocycles. The van der Waals surface area contributed by atoms with E-state index in [4.69, 9.17) is 5.84 Å². The maximum Gasteiger partial charge on any atom is 0.0908 e. The summed E-state index contributed by atoms with van der Waals surface area (Å²) in [4.78, 5) is 2.55. The van der Waals surface area contributed by atoms with Gasteiger partial charge >= 0.3 is 0 Å². The zero-order valence-electron chi connectivity index (χ0n) is 8.87. The zero-order chi connectivity index (χ0) is 11.5. The summed E-state index contributed by atoms with van der Waals surface area (Å²) in [7, 11) is 0. The first-order valence-electron chi connectivity index (χ1n) is 5.03. The van der Waals surface area contributed by atoms with E-state index in [1.54, 1.807) is 22.7 Å². The summed E-state index contributed by atoms with van der Waals surface area (Å²) in [5.74, 6) is 5.69. The van der Waals surface area contributed by atoms with Crippen molar-refractivity contribution < 1.29 is 0 Å². The Balaban J connectivity index is 2.40. The third-order valence-electron chi connectivity index (χ3n) is 2.50. The SMILES string of the molecule is CCc1ccsc1C(NN)c1sccc1Br. The Morgan fingerprint density at radius 3 is 2.56 bits per heavy atom. The van der Waals surface area contributed by atoms with Crippen LogP contribution in [0.3, 0.4) is 0 Å². The fraction of sp³-hybridized carbons (Fsp3) is 0.273. The number of hydrogen-bond acceptors (Lipinski definition) is 4. The fourth-order valence-electron chi connectivity index (χ4n) is 1.67. The Labute approximate surface area is 112 Å². The first-order chi connectivity index (χ1) is 7.77. The number of aryl methyl sites for hydroxylation is 1. The molecule has 0 aromatic carbocycles. The third kappa shape index (κ3) is 2.24. The van der Waals surface area contributed by atoms with Crippen molar-refractivity contribution in [3.05, 3.63) is 42.7 Å². The molecule has 5 heteroatoms. The molecular weight excluding hydrogens is 304 g/mol. The molecule has 2 aromatic rings. The van der Waals surface area contributed by atoms with Crippen molar-refractivity contribution in [3.8, 4) is 0 Å². The second kappa shape index (κ2) is 5.42. The van der Waals surface area contributed by atoms with E-state index in [0.717, 1.165) is 10.9 Å². The molecule has 0 spiro atoms. The summed E-state index contributed by atoms with van der Waals surface area (Å²) in [6.07, 6.45) is 1.04. The van der Waals surface area contributed by atoms with Gasteiger partial charge in [-0.15, -0.1) is 22.7 Å². The smallest absolute Gasteiger partial charge is 0.0908 e. The summed E-state index contributed by atoms with van der Waals surface area (Å²) >= 11 is 7.03. The number of nitrogens with one attached hydrogen (secondary N) is 1. The fourth-order valence-corrected chi connectivity index (χ4v) is 4.48. The van der Waals surface area contributed by atoms with Gasteiger partial charge in [0.2, 0.25) is 0 Å². The van der Waals surface area contributed by atoms with Crippen molar-refractivity contribution in [2.75, 3.05) is 0 Å². The lowest BCUT2D eigenvalue weighted by atomic mass is 10.1. The molecule has 86 valence electrons. The van der Waals surface area contributed by atoms with Gasteiger partial charge in [-0.05, 0) is 50.8 Å². The van der Waals surface area contributed by atoms with Gasteiger partial charge < -0.3 is 0 Å². The highest BCUT2D eigenvalue weighted by molar-refractivity contribution is 9.10. The van der Waals surface area contributed by atoms with Crippen molar-refractivity contribution in [1.29, 1.82) is 0 Å². The van der Waals surface area contributed by atoms with Crippen LogP contribution in [0, 0.1) is 0 Å². The number of halogens is 1. The summed E-state index contributed by atoms with van der Waals surface area (Å²) in [5.41, 5.74) is 4.28. The molecule has 2 rings (SSSR count). The molecule has 0 radical (unpaired) electrons. The van der Waals surface area contributed by atoms with Gasteiger partial charge in [0.15, 0.2) is 0 Å². The van der Waals surface area contributed by atoms with E-state index in [9.17, 15) is 0 Å². The van der Waals surface area contributed by atoms with Crippen molar-refractivity contribution in [2.45, 2.75) is 19.4 Å². The van der Waals surface area contributed by atoms with Gasteiger partial charge in [-0.3, -0.25) is 5.84 Å². The molecule has 0 saturated carbocycles. The van der Waals surface area contributed by atoms with Crippen molar-refractivity contribution in [3.63, 3.8) is 0 Å². The minimum atomic E-state index is 0.101. The predicted molar refractivity (Wildman–Crippen MR) is 74.9 cm³/mol. The zero-order valence-corrected chi connectivity index (χ0v) is 12.1. The lowest BCUT2D eigenvalue weighted by Crippen LogP contribution is -2.28. The Bertz CT molecular complexity index is 464. The molecule has 16 heavy (non-hydrogen) atoms. The molecule has 1 unspecified atom stereocenters. The van der Waals surface area contributed by atoms with E-state index in [2.05, 4.69) is 51.2 Å². The molecule has 0 bridgehead atoms. The molecule has 0 aliphatic heterocycles. The van der Waals surface area contributed by atoms with Gasteiger partial charge in [0.05, 0.1) is 6.04 Å². The Hall–Kier alpha value is -0.200. The van der Waals surface area contributed by atoms with Crippen molar-refractivity contribution in [1.82, 2.24) is 5.43 Å². The molecule has 2 heterocycles. The minimum absolute atomic E-state index is 0.101. The molecule has 3 N–H and O–H groups in total. The van der Waals surface area contributed by atoms with Crippen LogP contribution in [0.25, 0.3) is 0 Å². The summed E-state index contributed by atoms with van der Waals surface area (Å²) < 4.78 is 1.12. The van der Waals surface area contributed by atoms with Crippen LogP contribution >= 0.6 is 38.6 Å². The first-order valence-corrected chi connectivity index (χ1v) is 7.58. The Morgan fingerprint density at radius 2 is 2.00 bits per heavy atom. The highest BCUT2D eigenvalue weighted by Crippen LogP contribution is 2.36. The lowest BCUT2D eigenvalue weighted by Gasteiger charge is -2.15. The number of nitrogens with two attached hydrogens (primary N) is 1. The van der Waals surface area contributed by atoms with Gasteiger partial charge in [0, 0.05) is 14.2 Å². The molecular formula is C11H13BrN2S2. The standard InChI is InChI=1S/C11H13BrN2S2/c1-2-7-3-5-15-10(7)9(14-13)11-8(12)4-6-16-11/h3-6,9,14H,2,13H2,1H3. The third-order valence-corrected chi connectivity index (χ3v) is 5.46. The van der Waals surface area contributed by atoms with E-state index in [1.165, 1.54) is 15.3 Å². The monoisotopic (exact) mass is 316 g/mol. The van der Waals surface area contributed by atoms with Crippen LogP contribution in [0.15, 0.2) is 27.4 Å². The van der Waals surface area contributed by atoms with E-state index in [0.29, 0.717) is 0 Å². The second-order valence-electron chi connectivity index (χ2n) is 3.40. The molecule has 1 atom stereocenters. The second-order valence-corrected chi connectivity index (χ2v) is 6.15. The molecule has 2 nitrogen and oxygen atoms in total. The average molecular weight is 317 g/mol. The van der Waals surface area contributed by atoms with Crippen molar-refractivity contribution in [2.24, 2.45) is 5.84 Å². The molecule has 0 fully saturated rings. The summed E-state index contributed by atoms with van der Waals surface area (Å²) in [5, 5.41) is 4.20. The van der Waals surface area contributed by atoms with Gasteiger partial charge in [0.1, 0.15) is 0 Å². The van der Waals surface area contributed by atoms with Gasteiger partial charge in [-0.25, -0.2) is 5.43 Å². The molecule has 2 aromatic heterocycles. The maximum atomic E-state index is 5.69. The predicted octanol–water partition coefficient (Wildman–Crippen LogP) is 3.69. The van der Waals surface area contributed by atoms with E-state index < -0.39 is 0 Å². The quantitative estimate of drug-likeness (QED) is 0.667. The van der Waals surface area contributed by atoms with Crippen LogP contribution in [0.2, 0.25) is 0 Å². The Morgan fingerprint density at radius 1 is 1.31 bits per heavy atom. The molecule has 0 aliphatic carbocycles. The Kier molecular flexibility index (Phi) is 4.16. The van der Waals surface area contributed by atoms with Crippen LogP contribution in [-0.2, 0) is 6.42 Å². The van der Waals surface area contributed by atoms with E-state index >= 15 is 0 Å². The number of hydrogen-bond donors (Lipinski definition) is 2. The van der Waals surface area contributed by atoms with Crippen LogP contribution in [0.1, 0.15) is 28.3 Å². The van der Waals surface area contributed by atoms with Crippen LogP contribution in [0.5, 0.6) is 0 Å². The topological polar surface area (TPSA) is 38.0 Å². The minimum Gasteiger partial charge on any atom is -0.271 e. The normalized spacial score (nSPS) is 12.9. The number of thiophene rings is 2. The number of rotatable bonds is 4. The highest BCUT2D eigenvalue weighted by atomic mass is 79.9. The van der Waals surface area contributed by atoms with Gasteiger partial charge in [-0.1, -0.05) is 6.92 Å². The maximum absolute atomic E-state index is 5.69.